The molecule has 0 atom stereocenters. The second-order valence-electron chi connectivity index (χ2n) is 5.33. The van der Waals surface area contributed by atoms with E-state index in [-0.39, 0.29) is 15.6 Å². The number of benzene rings is 1. The highest BCUT2D eigenvalue weighted by molar-refractivity contribution is 7.99. The molecule has 0 spiro atoms. The molecule has 0 amide bonds. The van der Waals surface area contributed by atoms with Gasteiger partial charge in [0, 0.05) is 12.4 Å². The Morgan fingerprint density at radius 3 is 2.67 bits per heavy atom. The van der Waals surface area contributed by atoms with E-state index < -0.39 is 9.84 Å². The highest BCUT2D eigenvalue weighted by Crippen LogP contribution is 2.35. The zero-order valence-corrected chi connectivity index (χ0v) is 16.9. The Morgan fingerprint density at radius 2 is 2.07 bits per heavy atom. The first kappa shape index (κ1) is 20.7. The van der Waals surface area contributed by atoms with Gasteiger partial charge in [-0.2, -0.15) is 5.10 Å². The molecule has 0 aliphatic heterocycles. The van der Waals surface area contributed by atoms with Crippen LogP contribution < -0.4 is 5.73 Å². The number of aromatic nitrogens is 2. The summed E-state index contributed by atoms with van der Waals surface area (Å²) < 4.78 is 27.7. The summed E-state index contributed by atoms with van der Waals surface area (Å²) in [5.41, 5.74) is 6.91. The van der Waals surface area contributed by atoms with Gasteiger partial charge in [-0.15, -0.1) is 11.8 Å². The van der Waals surface area contributed by atoms with Crippen LogP contribution in [0.2, 0.25) is 0 Å². The molecule has 0 saturated carbocycles. The molecular weight excluding hydrogens is 380 g/mol. The molecule has 1 heterocycles. The minimum atomic E-state index is -3.79. The minimum Gasteiger partial charge on any atom is -0.382 e. The zero-order chi connectivity index (χ0) is 19.9. The summed E-state index contributed by atoms with van der Waals surface area (Å²) in [6.45, 7) is 5.49. The van der Waals surface area contributed by atoms with Gasteiger partial charge in [-0.05, 0) is 37.0 Å². The third-order valence-electron chi connectivity index (χ3n) is 3.56. The van der Waals surface area contributed by atoms with Gasteiger partial charge in [-0.1, -0.05) is 37.8 Å². The van der Waals surface area contributed by atoms with E-state index in [0.29, 0.717) is 10.7 Å². The number of nitrogen functional groups attached to an aromatic ring is 1. The smallest absolute Gasteiger partial charge is 0.212 e. The van der Waals surface area contributed by atoms with E-state index in [0.717, 1.165) is 6.42 Å². The van der Waals surface area contributed by atoms with Crippen molar-refractivity contribution in [2.45, 2.75) is 28.2 Å². The lowest BCUT2D eigenvalue weighted by molar-refractivity contribution is 0.594. The van der Waals surface area contributed by atoms with Gasteiger partial charge < -0.3 is 5.73 Å². The van der Waals surface area contributed by atoms with Crippen LogP contribution in [0.15, 0.2) is 81.1 Å². The number of hydrogen-bond acceptors (Lipinski definition) is 6. The van der Waals surface area contributed by atoms with E-state index in [1.165, 1.54) is 22.6 Å². The number of nitrogens with zero attached hydrogens (tertiary/aromatic N) is 3. The molecule has 0 unspecified atom stereocenters. The molecule has 8 heteroatoms. The van der Waals surface area contributed by atoms with Crippen molar-refractivity contribution in [3.63, 3.8) is 0 Å². The van der Waals surface area contributed by atoms with E-state index >= 15 is 0 Å². The number of anilines is 1. The fourth-order valence-electron chi connectivity index (χ4n) is 2.38. The predicted molar refractivity (Wildman–Crippen MR) is 113 cm³/mol. The van der Waals surface area contributed by atoms with Crippen molar-refractivity contribution >= 4 is 39.3 Å². The van der Waals surface area contributed by atoms with E-state index in [2.05, 4.69) is 16.7 Å². The van der Waals surface area contributed by atoms with Gasteiger partial charge in [-0.25, -0.2) is 13.1 Å². The van der Waals surface area contributed by atoms with E-state index in [1.54, 1.807) is 55.0 Å². The highest BCUT2D eigenvalue weighted by Gasteiger charge is 2.29. The number of sulfone groups is 1. The average molecular weight is 403 g/mol. The topological polar surface area (TPSA) is 90.3 Å². The summed E-state index contributed by atoms with van der Waals surface area (Å²) in [5.74, 6) is 0.0770. The lowest BCUT2D eigenvalue weighted by Gasteiger charge is -2.07. The Kier molecular flexibility index (Phi) is 7.20. The maximum absolute atomic E-state index is 13.1. The summed E-state index contributed by atoms with van der Waals surface area (Å²) in [6.07, 6.45) is 10.9. The Morgan fingerprint density at radius 1 is 1.37 bits per heavy atom. The van der Waals surface area contributed by atoms with Gasteiger partial charge in [0.15, 0.2) is 0 Å². The number of aliphatic imine (C=N–C) groups is 1. The van der Waals surface area contributed by atoms with Gasteiger partial charge in [0.25, 0.3) is 0 Å². The third-order valence-corrected chi connectivity index (χ3v) is 6.20. The van der Waals surface area contributed by atoms with Crippen molar-refractivity contribution in [1.29, 1.82) is 0 Å². The van der Waals surface area contributed by atoms with Crippen LogP contribution in [0.5, 0.6) is 0 Å². The first-order valence-corrected chi connectivity index (χ1v) is 10.9. The zero-order valence-electron chi connectivity index (χ0n) is 15.2. The van der Waals surface area contributed by atoms with Gasteiger partial charge in [0.2, 0.25) is 9.84 Å². The van der Waals surface area contributed by atoms with Crippen LogP contribution in [-0.4, -0.2) is 30.7 Å². The average Bonchev–Trinajstić information content (AvgIpc) is 3.02. The molecule has 1 aromatic heterocycles. The monoisotopic (exact) mass is 402 g/mol. The fourth-order valence-corrected chi connectivity index (χ4v) is 4.80. The summed E-state index contributed by atoms with van der Waals surface area (Å²) in [7, 11) is -3.79. The van der Waals surface area contributed by atoms with Crippen LogP contribution in [0.1, 0.15) is 13.3 Å². The van der Waals surface area contributed by atoms with Crippen molar-refractivity contribution in [1.82, 2.24) is 9.78 Å². The molecule has 6 nitrogen and oxygen atoms in total. The van der Waals surface area contributed by atoms with Crippen LogP contribution in [0, 0.1) is 0 Å². The maximum Gasteiger partial charge on any atom is 0.212 e. The van der Waals surface area contributed by atoms with E-state index in [1.807, 2.05) is 13.0 Å². The van der Waals surface area contributed by atoms with Crippen LogP contribution in [-0.2, 0) is 9.84 Å². The van der Waals surface area contributed by atoms with Crippen LogP contribution >= 0.6 is 11.8 Å². The number of thioether (sulfide) groups is 1. The number of hydrogen-bond donors (Lipinski definition) is 1. The minimum absolute atomic E-state index is 0.0244. The second kappa shape index (κ2) is 9.38. The molecule has 1 aromatic carbocycles. The molecular formula is C19H22N4O2S2. The van der Waals surface area contributed by atoms with Gasteiger partial charge in [-0.3, -0.25) is 4.99 Å². The largest absolute Gasteiger partial charge is 0.382 e. The summed E-state index contributed by atoms with van der Waals surface area (Å²) in [6, 6.07) is 8.21. The highest BCUT2D eigenvalue weighted by atomic mass is 32.2. The molecule has 0 saturated heterocycles. The molecule has 0 bridgehead atoms. The Hall–Kier alpha value is -2.58. The lowest BCUT2D eigenvalue weighted by atomic mass is 10.3. The maximum atomic E-state index is 13.1. The van der Waals surface area contributed by atoms with Gasteiger partial charge in [0.1, 0.15) is 15.7 Å². The number of nitrogens with two attached hydrogens (primary N) is 1. The fraction of sp³-hybridized carbons (Fsp3) is 0.158. The third kappa shape index (κ3) is 4.58. The molecule has 0 aliphatic rings. The van der Waals surface area contributed by atoms with Gasteiger partial charge >= 0.3 is 0 Å². The normalized spacial score (nSPS) is 12.9. The number of allylic oxidation sites excluding steroid dienone is 4. The van der Waals surface area contributed by atoms with E-state index in [9.17, 15) is 8.42 Å². The van der Waals surface area contributed by atoms with Crippen LogP contribution in [0.25, 0.3) is 5.70 Å². The van der Waals surface area contributed by atoms with Crippen molar-refractivity contribution in [3.05, 3.63) is 61.3 Å². The van der Waals surface area contributed by atoms with Crippen molar-refractivity contribution < 1.29 is 8.42 Å². The number of rotatable bonds is 8. The first-order chi connectivity index (χ1) is 13.0. The van der Waals surface area contributed by atoms with E-state index in [4.69, 9.17) is 5.73 Å². The quantitative estimate of drug-likeness (QED) is 0.409. The molecule has 27 heavy (non-hydrogen) atoms. The summed E-state index contributed by atoms with van der Waals surface area (Å²) in [5, 5.41) is 4.78. The Bertz CT molecular complexity index is 988. The predicted octanol–water partition coefficient (Wildman–Crippen LogP) is 4.04. The molecule has 0 fully saturated rings. The van der Waals surface area contributed by atoms with Crippen molar-refractivity contribution in [2.24, 2.45) is 4.99 Å². The van der Waals surface area contributed by atoms with Crippen molar-refractivity contribution in [2.75, 3.05) is 12.0 Å². The SMILES string of the molecule is C=CN=C/C=C/C(=C/CC)n1nc(SC)c(S(=O)(=O)c2ccccc2)c1N. The summed E-state index contributed by atoms with van der Waals surface area (Å²) in [4.78, 5) is 4.11. The molecule has 142 valence electrons. The molecule has 2 aromatic rings. The lowest BCUT2D eigenvalue weighted by Crippen LogP contribution is -2.08. The van der Waals surface area contributed by atoms with Crippen LogP contribution in [0.3, 0.4) is 0 Å². The molecule has 0 aliphatic carbocycles. The standard InChI is InChI=1S/C19H22N4O2S2/c1-4-10-15(11-9-14-21-5-2)23-18(20)17(19(22-23)26-3)27(24,25)16-12-7-6-8-13-16/h5-14H,2,4,20H2,1,3H3/b11-9+,15-10-,21-14?. The van der Waals surface area contributed by atoms with Crippen LogP contribution in [0.4, 0.5) is 5.82 Å². The molecule has 2 rings (SSSR count). The molecule has 0 radical (unpaired) electrons. The Balaban J connectivity index is 2.62. The first-order valence-electron chi connectivity index (χ1n) is 8.21. The summed E-state index contributed by atoms with van der Waals surface area (Å²) >= 11 is 1.24. The van der Waals surface area contributed by atoms with Gasteiger partial charge in [0.05, 0.1) is 10.6 Å². The van der Waals surface area contributed by atoms with Crippen molar-refractivity contribution in [3.8, 4) is 0 Å². The Labute approximate surface area is 164 Å². The molecule has 2 N–H and O–H groups in total. The second-order valence-corrected chi connectivity index (χ2v) is 8.01.